The SMILES string of the molecule is O=C1COCCN1c1ccc(N2C[C@H](CNC(O)c3ccc(Cl)o3)OC2=O)cc1. The quantitative estimate of drug-likeness (QED) is 0.686. The summed E-state index contributed by atoms with van der Waals surface area (Å²) in [6.07, 6.45) is -1.97. The van der Waals surface area contributed by atoms with Crippen LogP contribution in [0.2, 0.25) is 5.22 Å². The van der Waals surface area contributed by atoms with Crippen molar-refractivity contribution >= 4 is 35.0 Å². The molecule has 2 aromatic rings. The van der Waals surface area contributed by atoms with Gasteiger partial charge < -0.3 is 23.9 Å². The lowest BCUT2D eigenvalue weighted by atomic mass is 10.2. The van der Waals surface area contributed by atoms with Crippen LogP contribution in [0, 0.1) is 0 Å². The molecule has 3 heterocycles. The van der Waals surface area contributed by atoms with Crippen LogP contribution in [0.5, 0.6) is 0 Å². The highest BCUT2D eigenvalue weighted by molar-refractivity contribution is 6.28. The van der Waals surface area contributed by atoms with E-state index in [9.17, 15) is 14.7 Å². The Morgan fingerprint density at radius 3 is 2.52 bits per heavy atom. The number of furan rings is 1. The van der Waals surface area contributed by atoms with Crippen LogP contribution in [0.25, 0.3) is 0 Å². The summed E-state index contributed by atoms with van der Waals surface area (Å²) in [6, 6.07) is 10.2. The van der Waals surface area contributed by atoms with Crippen molar-refractivity contribution in [2.75, 3.05) is 42.6 Å². The van der Waals surface area contributed by atoms with Crippen molar-refractivity contribution in [2.45, 2.75) is 12.3 Å². The molecule has 1 aromatic carbocycles. The van der Waals surface area contributed by atoms with Gasteiger partial charge in [0.1, 0.15) is 18.5 Å². The van der Waals surface area contributed by atoms with E-state index in [0.29, 0.717) is 25.4 Å². The Morgan fingerprint density at radius 2 is 1.86 bits per heavy atom. The third-order valence-corrected chi connectivity index (χ3v) is 4.94. The second kappa shape index (κ2) is 8.42. The van der Waals surface area contributed by atoms with Crippen molar-refractivity contribution in [1.29, 1.82) is 0 Å². The number of cyclic esters (lactones) is 1. The zero-order valence-corrected chi connectivity index (χ0v) is 16.2. The number of nitrogens with zero attached hydrogens (tertiary/aromatic N) is 2. The van der Waals surface area contributed by atoms with Crippen LogP contribution >= 0.6 is 11.6 Å². The number of hydrogen-bond donors (Lipinski definition) is 2. The highest BCUT2D eigenvalue weighted by Crippen LogP contribution is 2.26. The van der Waals surface area contributed by atoms with E-state index in [1.165, 1.54) is 11.0 Å². The Balaban J connectivity index is 1.34. The summed E-state index contributed by atoms with van der Waals surface area (Å²) in [6.45, 7) is 1.64. The van der Waals surface area contributed by atoms with Gasteiger partial charge in [0.05, 0.1) is 13.2 Å². The number of rotatable bonds is 6. The van der Waals surface area contributed by atoms with Crippen molar-refractivity contribution in [1.82, 2.24) is 5.32 Å². The first-order valence-corrected chi connectivity index (χ1v) is 9.52. The first kappa shape index (κ1) is 19.7. The second-order valence-corrected chi connectivity index (χ2v) is 7.06. The molecule has 4 rings (SSSR count). The molecule has 9 nitrogen and oxygen atoms in total. The summed E-state index contributed by atoms with van der Waals surface area (Å²) in [5.41, 5.74) is 1.42. The van der Waals surface area contributed by atoms with Crippen LogP contribution in [-0.2, 0) is 14.3 Å². The fourth-order valence-electron chi connectivity index (χ4n) is 3.26. The van der Waals surface area contributed by atoms with Gasteiger partial charge in [0.25, 0.3) is 5.91 Å². The fourth-order valence-corrected chi connectivity index (χ4v) is 3.41. The van der Waals surface area contributed by atoms with Crippen LogP contribution in [0.15, 0.2) is 40.8 Å². The second-order valence-electron chi connectivity index (χ2n) is 6.68. The highest BCUT2D eigenvalue weighted by Gasteiger charge is 2.33. The number of hydrogen-bond acceptors (Lipinski definition) is 7. The average Bonchev–Trinajstić information content (AvgIpc) is 3.32. The molecule has 10 heteroatoms. The molecule has 2 aliphatic rings. The molecule has 154 valence electrons. The average molecular weight is 422 g/mol. The molecule has 2 N–H and O–H groups in total. The molecule has 1 aromatic heterocycles. The van der Waals surface area contributed by atoms with Gasteiger partial charge in [0.2, 0.25) is 0 Å². The number of aliphatic hydroxyl groups excluding tert-OH is 1. The number of aliphatic hydroxyl groups is 1. The van der Waals surface area contributed by atoms with E-state index in [4.69, 9.17) is 25.5 Å². The maximum absolute atomic E-state index is 12.2. The van der Waals surface area contributed by atoms with Crippen LogP contribution < -0.4 is 15.1 Å². The van der Waals surface area contributed by atoms with E-state index >= 15 is 0 Å². The predicted octanol–water partition coefficient (Wildman–Crippen LogP) is 1.90. The van der Waals surface area contributed by atoms with Gasteiger partial charge in [-0.2, -0.15) is 0 Å². The normalized spacial score (nSPS) is 20.8. The van der Waals surface area contributed by atoms with E-state index in [-0.39, 0.29) is 30.0 Å². The lowest BCUT2D eigenvalue weighted by Crippen LogP contribution is -2.41. The molecule has 2 fully saturated rings. The topological polar surface area (TPSA) is 104 Å². The number of nitrogens with one attached hydrogen (secondary N) is 1. The van der Waals surface area contributed by atoms with Crippen molar-refractivity contribution in [3.63, 3.8) is 0 Å². The van der Waals surface area contributed by atoms with E-state index in [1.807, 2.05) is 0 Å². The van der Waals surface area contributed by atoms with Gasteiger partial charge in [-0.25, -0.2) is 4.79 Å². The Hall–Kier alpha value is -2.59. The summed E-state index contributed by atoms with van der Waals surface area (Å²) in [5, 5.41) is 13.1. The molecular weight excluding hydrogens is 402 g/mol. The standard InChI is InChI=1S/C19H20ClN3O6/c20-16-6-5-15(29-16)18(25)21-9-14-10-23(19(26)28-14)13-3-1-12(2-4-13)22-7-8-27-11-17(22)24/h1-6,14,18,21,25H,7-11H2/t14-,18?/m0/s1. The van der Waals surface area contributed by atoms with E-state index in [1.54, 1.807) is 35.2 Å². The largest absolute Gasteiger partial charge is 0.445 e. The van der Waals surface area contributed by atoms with Crippen LogP contribution in [0.3, 0.4) is 0 Å². The Labute approximate surface area is 171 Å². The van der Waals surface area contributed by atoms with E-state index < -0.39 is 18.4 Å². The molecule has 0 spiro atoms. The Bertz CT molecular complexity index is 886. The molecule has 0 bridgehead atoms. The number of halogens is 1. The number of anilines is 2. The van der Waals surface area contributed by atoms with Gasteiger partial charge in [-0.1, -0.05) is 0 Å². The van der Waals surface area contributed by atoms with E-state index in [0.717, 1.165) is 5.69 Å². The molecule has 29 heavy (non-hydrogen) atoms. The number of carbonyl (C=O) groups is 2. The molecule has 1 unspecified atom stereocenters. The van der Waals surface area contributed by atoms with Crippen LogP contribution in [0.4, 0.5) is 16.2 Å². The maximum Gasteiger partial charge on any atom is 0.414 e. The lowest BCUT2D eigenvalue weighted by molar-refractivity contribution is -0.125. The first-order chi connectivity index (χ1) is 14.0. The minimum absolute atomic E-state index is 0.0743. The predicted molar refractivity (Wildman–Crippen MR) is 104 cm³/mol. The van der Waals surface area contributed by atoms with Gasteiger partial charge in [-0.05, 0) is 48.0 Å². The van der Waals surface area contributed by atoms with Gasteiger partial charge in [-0.3, -0.25) is 15.0 Å². The van der Waals surface area contributed by atoms with E-state index in [2.05, 4.69) is 5.32 Å². The van der Waals surface area contributed by atoms with Crippen molar-refractivity contribution in [2.24, 2.45) is 0 Å². The van der Waals surface area contributed by atoms with Crippen molar-refractivity contribution in [3.05, 3.63) is 47.4 Å². The zero-order valence-electron chi connectivity index (χ0n) is 15.4. The highest BCUT2D eigenvalue weighted by atomic mass is 35.5. The summed E-state index contributed by atoms with van der Waals surface area (Å²) in [7, 11) is 0. The maximum atomic E-state index is 12.2. The Morgan fingerprint density at radius 1 is 1.14 bits per heavy atom. The summed E-state index contributed by atoms with van der Waals surface area (Å²) >= 11 is 5.70. The number of ether oxygens (including phenoxy) is 2. The summed E-state index contributed by atoms with van der Waals surface area (Å²) in [5.74, 6) is 0.191. The van der Waals surface area contributed by atoms with Crippen molar-refractivity contribution in [3.8, 4) is 0 Å². The number of morpholine rings is 1. The fraction of sp³-hybridized carbons (Fsp3) is 0.368. The molecule has 2 saturated heterocycles. The monoisotopic (exact) mass is 421 g/mol. The summed E-state index contributed by atoms with van der Waals surface area (Å²) in [4.78, 5) is 27.3. The molecule has 0 saturated carbocycles. The minimum atomic E-state index is -1.06. The third kappa shape index (κ3) is 4.38. The molecule has 2 aliphatic heterocycles. The summed E-state index contributed by atoms with van der Waals surface area (Å²) < 4.78 is 15.6. The number of amides is 2. The van der Waals surface area contributed by atoms with Gasteiger partial charge in [0.15, 0.2) is 11.4 Å². The minimum Gasteiger partial charge on any atom is -0.445 e. The van der Waals surface area contributed by atoms with Gasteiger partial charge in [-0.15, -0.1) is 0 Å². The smallest absolute Gasteiger partial charge is 0.414 e. The van der Waals surface area contributed by atoms with Gasteiger partial charge in [0, 0.05) is 24.5 Å². The third-order valence-electron chi connectivity index (χ3n) is 4.74. The van der Waals surface area contributed by atoms with Crippen molar-refractivity contribution < 1.29 is 28.6 Å². The number of benzene rings is 1. The van der Waals surface area contributed by atoms with Crippen LogP contribution in [0.1, 0.15) is 12.0 Å². The van der Waals surface area contributed by atoms with Gasteiger partial charge >= 0.3 is 6.09 Å². The molecule has 2 amide bonds. The number of carbonyl (C=O) groups excluding carboxylic acids is 2. The molecular formula is C19H20ClN3O6. The Kier molecular flexibility index (Phi) is 5.72. The van der Waals surface area contributed by atoms with Crippen LogP contribution in [-0.4, -0.2) is 56.1 Å². The zero-order chi connectivity index (χ0) is 20.4. The first-order valence-electron chi connectivity index (χ1n) is 9.14. The molecule has 2 atom stereocenters. The lowest BCUT2D eigenvalue weighted by Gasteiger charge is -2.27. The molecule has 0 radical (unpaired) electrons. The molecule has 0 aliphatic carbocycles.